The van der Waals surface area contributed by atoms with Gasteiger partial charge in [-0.05, 0) is 26.0 Å². The van der Waals surface area contributed by atoms with Crippen molar-refractivity contribution in [3.05, 3.63) is 39.3 Å². The molecule has 0 spiro atoms. The monoisotopic (exact) mass is 282 g/mol. The molecule has 0 saturated heterocycles. The second kappa shape index (κ2) is 4.25. The van der Waals surface area contributed by atoms with Crippen molar-refractivity contribution >= 4 is 15.9 Å². The Morgan fingerprint density at radius 1 is 1.44 bits per heavy atom. The zero-order valence-corrected chi connectivity index (χ0v) is 10.6. The molecule has 0 aliphatic carbocycles. The van der Waals surface area contributed by atoms with E-state index in [1.807, 2.05) is 38.1 Å². The molecule has 0 radical (unpaired) electrons. The van der Waals surface area contributed by atoms with Crippen LogP contribution in [-0.2, 0) is 0 Å². The molecule has 0 bridgehead atoms. The van der Waals surface area contributed by atoms with Gasteiger partial charge >= 0.3 is 5.76 Å². The van der Waals surface area contributed by atoms with Crippen molar-refractivity contribution in [2.75, 3.05) is 0 Å². The number of hydrogen-bond donors (Lipinski definition) is 0. The molecule has 2 aromatic rings. The summed E-state index contributed by atoms with van der Waals surface area (Å²) in [4.78, 5) is 11.5. The van der Waals surface area contributed by atoms with Crippen LogP contribution in [-0.4, -0.2) is 9.72 Å². The molecule has 0 saturated carbocycles. The van der Waals surface area contributed by atoms with Gasteiger partial charge in [0.15, 0.2) is 5.82 Å². The van der Waals surface area contributed by atoms with Crippen LogP contribution in [0.1, 0.15) is 19.9 Å². The molecule has 0 aliphatic heterocycles. The van der Waals surface area contributed by atoms with Gasteiger partial charge in [-0.25, -0.2) is 4.79 Å². The highest BCUT2D eigenvalue weighted by molar-refractivity contribution is 9.10. The average Bonchev–Trinajstić information content (AvgIpc) is 2.60. The van der Waals surface area contributed by atoms with Gasteiger partial charge in [0.2, 0.25) is 0 Å². The largest absolute Gasteiger partial charge is 0.442 e. The van der Waals surface area contributed by atoms with Crippen LogP contribution in [0.3, 0.4) is 0 Å². The summed E-state index contributed by atoms with van der Waals surface area (Å²) in [5, 5.41) is 3.80. The zero-order valence-electron chi connectivity index (χ0n) is 8.98. The third-order valence-electron chi connectivity index (χ3n) is 2.23. The van der Waals surface area contributed by atoms with Crippen LogP contribution in [0.25, 0.3) is 11.4 Å². The molecule has 0 unspecified atom stereocenters. The fourth-order valence-electron chi connectivity index (χ4n) is 1.53. The Hall–Kier alpha value is -1.36. The molecule has 0 fully saturated rings. The Balaban J connectivity index is 2.61. The SMILES string of the molecule is CC(C)n1c(-c2cccc(Br)c2)noc1=O. The fourth-order valence-corrected chi connectivity index (χ4v) is 1.93. The molecule has 1 heterocycles. The number of halogens is 1. The first-order valence-corrected chi connectivity index (χ1v) is 5.73. The molecule has 0 aliphatic rings. The quantitative estimate of drug-likeness (QED) is 0.851. The Bertz CT molecular complexity index is 557. The van der Waals surface area contributed by atoms with E-state index in [2.05, 4.69) is 21.1 Å². The van der Waals surface area contributed by atoms with Crippen molar-refractivity contribution in [2.45, 2.75) is 19.9 Å². The molecule has 0 amide bonds. The maximum Gasteiger partial charge on any atom is 0.442 e. The highest BCUT2D eigenvalue weighted by Gasteiger charge is 2.15. The summed E-state index contributed by atoms with van der Waals surface area (Å²) in [5.74, 6) is 0.131. The van der Waals surface area contributed by atoms with Gasteiger partial charge in [-0.3, -0.25) is 9.09 Å². The van der Waals surface area contributed by atoms with Crippen molar-refractivity contribution in [3.8, 4) is 11.4 Å². The average molecular weight is 283 g/mol. The second-order valence-corrected chi connectivity index (χ2v) is 4.66. The summed E-state index contributed by atoms with van der Waals surface area (Å²) < 4.78 is 7.16. The van der Waals surface area contributed by atoms with Gasteiger partial charge in [-0.1, -0.05) is 33.2 Å². The van der Waals surface area contributed by atoms with Gasteiger partial charge in [0.1, 0.15) is 0 Å². The van der Waals surface area contributed by atoms with Crippen molar-refractivity contribution in [1.29, 1.82) is 0 Å². The smallest absolute Gasteiger partial charge is 0.295 e. The van der Waals surface area contributed by atoms with E-state index >= 15 is 0 Å². The van der Waals surface area contributed by atoms with E-state index in [-0.39, 0.29) is 6.04 Å². The van der Waals surface area contributed by atoms with Crippen LogP contribution >= 0.6 is 15.9 Å². The van der Waals surface area contributed by atoms with Crippen LogP contribution < -0.4 is 5.76 Å². The normalized spacial score (nSPS) is 11.0. The summed E-state index contributed by atoms with van der Waals surface area (Å²) in [6.07, 6.45) is 0. The summed E-state index contributed by atoms with van der Waals surface area (Å²) in [6.45, 7) is 3.83. The maximum absolute atomic E-state index is 11.5. The predicted molar refractivity (Wildman–Crippen MR) is 64.3 cm³/mol. The van der Waals surface area contributed by atoms with Crippen LogP contribution in [0.2, 0.25) is 0 Å². The zero-order chi connectivity index (χ0) is 11.7. The molecule has 0 N–H and O–H groups in total. The minimum atomic E-state index is -0.426. The highest BCUT2D eigenvalue weighted by atomic mass is 79.9. The molecule has 5 heteroatoms. The highest BCUT2D eigenvalue weighted by Crippen LogP contribution is 2.22. The van der Waals surface area contributed by atoms with E-state index in [4.69, 9.17) is 4.52 Å². The number of benzene rings is 1. The summed E-state index contributed by atoms with van der Waals surface area (Å²) in [6, 6.07) is 7.62. The molecular weight excluding hydrogens is 272 g/mol. The Labute approximate surface area is 101 Å². The lowest BCUT2D eigenvalue weighted by Gasteiger charge is -2.07. The first-order chi connectivity index (χ1) is 7.59. The van der Waals surface area contributed by atoms with E-state index in [1.54, 1.807) is 0 Å². The Kier molecular flexibility index (Phi) is 2.96. The summed E-state index contributed by atoms with van der Waals surface area (Å²) >= 11 is 3.38. The summed E-state index contributed by atoms with van der Waals surface area (Å²) in [5.41, 5.74) is 0.855. The number of nitrogens with zero attached hydrogens (tertiary/aromatic N) is 2. The van der Waals surface area contributed by atoms with Gasteiger partial charge in [0.05, 0.1) is 0 Å². The van der Waals surface area contributed by atoms with E-state index in [0.717, 1.165) is 10.0 Å². The van der Waals surface area contributed by atoms with E-state index in [9.17, 15) is 4.79 Å². The first-order valence-electron chi connectivity index (χ1n) is 4.93. The number of aromatic nitrogens is 2. The third-order valence-corrected chi connectivity index (χ3v) is 2.73. The van der Waals surface area contributed by atoms with Gasteiger partial charge < -0.3 is 0 Å². The fraction of sp³-hybridized carbons (Fsp3) is 0.273. The lowest BCUT2D eigenvalue weighted by atomic mass is 10.2. The van der Waals surface area contributed by atoms with E-state index < -0.39 is 5.76 Å². The van der Waals surface area contributed by atoms with Crippen molar-refractivity contribution in [2.24, 2.45) is 0 Å². The van der Waals surface area contributed by atoms with Crippen LogP contribution in [0.4, 0.5) is 0 Å². The minimum absolute atomic E-state index is 0.0210. The third kappa shape index (κ3) is 1.95. The first kappa shape index (κ1) is 11.1. The van der Waals surface area contributed by atoms with Crippen molar-refractivity contribution in [1.82, 2.24) is 9.72 Å². The standard InChI is InChI=1S/C11H11BrN2O2/c1-7(2)14-10(13-16-11(14)15)8-4-3-5-9(12)6-8/h3-7H,1-2H3. The van der Waals surface area contributed by atoms with Gasteiger partial charge in [0, 0.05) is 16.1 Å². The van der Waals surface area contributed by atoms with Crippen LogP contribution in [0.5, 0.6) is 0 Å². The molecule has 84 valence electrons. The van der Waals surface area contributed by atoms with Gasteiger partial charge in [-0.15, -0.1) is 0 Å². The Morgan fingerprint density at radius 3 is 2.81 bits per heavy atom. The molecule has 2 rings (SSSR count). The maximum atomic E-state index is 11.5. The topological polar surface area (TPSA) is 48.0 Å². The number of rotatable bonds is 2. The van der Waals surface area contributed by atoms with Gasteiger partial charge in [-0.2, -0.15) is 0 Å². The van der Waals surface area contributed by atoms with Gasteiger partial charge in [0.25, 0.3) is 0 Å². The number of hydrogen-bond acceptors (Lipinski definition) is 3. The lowest BCUT2D eigenvalue weighted by Crippen LogP contribution is -2.17. The van der Waals surface area contributed by atoms with Crippen LogP contribution in [0.15, 0.2) is 38.1 Å². The van der Waals surface area contributed by atoms with Crippen molar-refractivity contribution in [3.63, 3.8) is 0 Å². The Morgan fingerprint density at radius 2 is 2.19 bits per heavy atom. The predicted octanol–water partition coefficient (Wildman–Crippen LogP) is 2.85. The molecule has 4 nitrogen and oxygen atoms in total. The summed E-state index contributed by atoms with van der Waals surface area (Å²) in [7, 11) is 0. The van der Waals surface area contributed by atoms with E-state index in [1.165, 1.54) is 4.57 Å². The molecule has 1 aromatic heterocycles. The molecular formula is C11H11BrN2O2. The minimum Gasteiger partial charge on any atom is -0.295 e. The van der Waals surface area contributed by atoms with E-state index in [0.29, 0.717) is 5.82 Å². The lowest BCUT2D eigenvalue weighted by molar-refractivity contribution is 0.370. The second-order valence-electron chi connectivity index (χ2n) is 3.75. The molecule has 0 atom stereocenters. The molecule has 1 aromatic carbocycles. The van der Waals surface area contributed by atoms with Crippen LogP contribution in [0, 0.1) is 0 Å². The van der Waals surface area contributed by atoms with Crippen molar-refractivity contribution < 1.29 is 4.52 Å². The molecule has 16 heavy (non-hydrogen) atoms.